The van der Waals surface area contributed by atoms with Gasteiger partial charge in [-0.1, -0.05) is 29.8 Å². The minimum atomic E-state index is -0.636. The number of aromatic nitrogens is 3. The highest BCUT2D eigenvalue weighted by atomic mass is 35.5. The summed E-state index contributed by atoms with van der Waals surface area (Å²) in [5.74, 6) is -0.636. The minimum absolute atomic E-state index is 0.0373. The molecule has 0 saturated heterocycles. The van der Waals surface area contributed by atoms with Gasteiger partial charge in [0.1, 0.15) is 22.3 Å². The predicted molar refractivity (Wildman–Crippen MR) is 119 cm³/mol. The summed E-state index contributed by atoms with van der Waals surface area (Å²) in [6.45, 7) is 4.11. The van der Waals surface area contributed by atoms with Gasteiger partial charge in [0.2, 0.25) is 0 Å². The van der Waals surface area contributed by atoms with Crippen LogP contribution in [0.2, 0.25) is 5.02 Å². The first-order valence-corrected chi connectivity index (χ1v) is 10.3. The molecule has 0 aliphatic heterocycles. The third kappa shape index (κ3) is 3.84. The Morgan fingerprint density at radius 3 is 2.65 bits per heavy atom. The molecular formula is C23H21ClN4O3. The number of pyridine rings is 2. The first-order valence-electron chi connectivity index (χ1n) is 9.92. The van der Waals surface area contributed by atoms with Crippen LogP contribution in [-0.2, 0) is 17.7 Å². The molecule has 0 saturated carbocycles. The number of hydrogen-bond donors (Lipinski definition) is 1. The normalized spacial score (nSPS) is 11.2. The summed E-state index contributed by atoms with van der Waals surface area (Å²) in [6.07, 6.45) is 2.22. The number of halogens is 1. The van der Waals surface area contributed by atoms with E-state index in [0.717, 1.165) is 11.1 Å². The molecule has 0 atom stereocenters. The average Bonchev–Trinajstić information content (AvgIpc) is 2.75. The number of hydrogen-bond acceptors (Lipinski definition) is 5. The maximum absolute atomic E-state index is 13.2. The third-order valence-corrected chi connectivity index (χ3v) is 5.42. The first-order chi connectivity index (χ1) is 14.9. The fourth-order valence-electron chi connectivity index (χ4n) is 3.57. The smallest absolute Gasteiger partial charge is 0.341 e. The number of esters is 1. The largest absolute Gasteiger partial charge is 0.462 e. The quantitative estimate of drug-likeness (QED) is 0.383. The van der Waals surface area contributed by atoms with Gasteiger partial charge in [-0.15, -0.1) is 0 Å². The van der Waals surface area contributed by atoms with Crippen LogP contribution < -0.4 is 11.0 Å². The van der Waals surface area contributed by atoms with Crippen LogP contribution >= 0.6 is 11.6 Å². The van der Waals surface area contributed by atoms with E-state index in [2.05, 4.69) is 0 Å². The molecule has 0 radical (unpaired) electrons. The van der Waals surface area contributed by atoms with E-state index in [0.29, 0.717) is 29.3 Å². The number of fused-ring (bicyclic) bond motifs is 2. The molecule has 0 aliphatic carbocycles. The molecule has 0 aliphatic rings. The number of rotatable bonds is 5. The van der Waals surface area contributed by atoms with Crippen LogP contribution in [0, 0.1) is 12.3 Å². The van der Waals surface area contributed by atoms with Gasteiger partial charge in [0, 0.05) is 17.8 Å². The van der Waals surface area contributed by atoms with Crippen LogP contribution in [0.5, 0.6) is 0 Å². The highest BCUT2D eigenvalue weighted by Crippen LogP contribution is 2.15. The van der Waals surface area contributed by atoms with Gasteiger partial charge in [-0.05, 0) is 55.7 Å². The number of benzene rings is 1. The molecule has 158 valence electrons. The standard InChI is InChI=1S/C23H21ClN4O3/c1-3-31-23(30)17-13-18-21(26-20-14(2)5-4-11-28(20)22(18)29)27(19(17)25)12-10-15-6-8-16(24)9-7-15/h4-9,11,13,25H,3,10,12H2,1-2H3. The van der Waals surface area contributed by atoms with Crippen LogP contribution in [0.15, 0.2) is 53.5 Å². The molecule has 31 heavy (non-hydrogen) atoms. The number of carbonyl (C=O) groups is 1. The molecule has 4 rings (SSSR count). The molecule has 1 N–H and O–H groups in total. The molecule has 7 nitrogen and oxygen atoms in total. The third-order valence-electron chi connectivity index (χ3n) is 5.17. The van der Waals surface area contributed by atoms with Crippen LogP contribution in [0.4, 0.5) is 0 Å². The van der Waals surface area contributed by atoms with Gasteiger partial charge in [-0.3, -0.25) is 14.6 Å². The first kappa shape index (κ1) is 20.8. The van der Waals surface area contributed by atoms with Crippen molar-refractivity contribution in [1.82, 2.24) is 14.0 Å². The van der Waals surface area contributed by atoms with Crippen molar-refractivity contribution in [2.24, 2.45) is 0 Å². The minimum Gasteiger partial charge on any atom is -0.462 e. The van der Waals surface area contributed by atoms with Gasteiger partial charge in [0.25, 0.3) is 5.56 Å². The summed E-state index contributed by atoms with van der Waals surface area (Å²) < 4.78 is 8.18. The maximum atomic E-state index is 13.2. The second-order valence-corrected chi connectivity index (χ2v) is 7.63. The molecule has 0 fully saturated rings. The van der Waals surface area contributed by atoms with E-state index in [1.807, 2.05) is 25.1 Å². The van der Waals surface area contributed by atoms with Crippen molar-refractivity contribution in [3.63, 3.8) is 0 Å². The van der Waals surface area contributed by atoms with Crippen LogP contribution in [0.1, 0.15) is 28.4 Å². The van der Waals surface area contributed by atoms with Crippen molar-refractivity contribution in [3.8, 4) is 0 Å². The second-order valence-electron chi connectivity index (χ2n) is 7.19. The van der Waals surface area contributed by atoms with Gasteiger partial charge in [0.05, 0.1) is 12.0 Å². The van der Waals surface area contributed by atoms with E-state index in [1.165, 1.54) is 10.5 Å². The molecule has 0 bridgehead atoms. The monoisotopic (exact) mass is 436 g/mol. The van der Waals surface area contributed by atoms with Gasteiger partial charge in [0.15, 0.2) is 0 Å². The summed E-state index contributed by atoms with van der Waals surface area (Å²) in [4.78, 5) is 30.4. The predicted octanol–water partition coefficient (Wildman–Crippen LogP) is 3.51. The molecular weight excluding hydrogens is 416 g/mol. The lowest BCUT2D eigenvalue weighted by Crippen LogP contribution is -2.31. The Bertz CT molecular complexity index is 1420. The Balaban J connectivity index is 1.96. The summed E-state index contributed by atoms with van der Waals surface area (Å²) in [6, 6.07) is 12.5. The van der Waals surface area contributed by atoms with Crippen molar-refractivity contribution < 1.29 is 9.53 Å². The van der Waals surface area contributed by atoms with E-state index in [4.69, 9.17) is 26.7 Å². The van der Waals surface area contributed by atoms with Crippen LogP contribution in [0.3, 0.4) is 0 Å². The van der Waals surface area contributed by atoms with Crippen molar-refractivity contribution in [3.05, 3.63) is 86.2 Å². The number of nitrogens with zero attached hydrogens (tertiary/aromatic N) is 3. The van der Waals surface area contributed by atoms with Crippen molar-refractivity contribution in [2.45, 2.75) is 26.8 Å². The Morgan fingerprint density at radius 2 is 1.94 bits per heavy atom. The maximum Gasteiger partial charge on any atom is 0.341 e. The zero-order valence-corrected chi connectivity index (χ0v) is 17.9. The number of carbonyl (C=O) groups excluding carboxylic acids is 1. The van der Waals surface area contributed by atoms with E-state index in [-0.39, 0.29) is 28.6 Å². The molecule has 0 amide bonds. The van der Waals surface area contributed by atoms with Crippen molar-refractivity contribution in [1.29, 1.82) is 5.41 Å². The second kappa shape index (κ2) is 8.35. The summed E-state index contributed by atoms with van der Waals surface area (Å²) >= 11 is 5.97. The molecule has 3 heterocycles. The van der Waals surface area contributed by atoms with Crippen molar-refractivity contribution >= 4 is 34.3 Å². The fourth-order valence-corrected chi connectivity index (χ4v) is 3.70. The van der Waals surface area contributed by atoms with Crippen LogP contribution in [-0.4, -0.2) is 26.5 Å². The van der Waals surface area contributed by atoms with Gasteiger partial charge in [-0.2, -0.15) is 0 Å². The number of nitrogens with one attached hydrogen (secondary N) is 1. The topological polar surface area (TPSA) is 89.4 Å². The Kier molecular flexibility index (Phi) is 5.61. The molecule has 0 unspecified atom stereocenters. The highest BCUT2D eigenvalue weighted by Gasteiger charge is 2.18. The van der Waals surface area contributed by atoms with Gasteiger partial charge in [-0.25, -0.2) is 9.78 Å². The lowest BCUT2D eigenvalue weighted by molar-refractivity contribution is 0.0523. The number of ether oxygens (including phenoxy) is 1. The zero-order chi connectivity index (χ0) is 22.1. The van der Waals surface area contributed by atoms with Gasteiger partial charge < -0.3 is 9.30 Å². The molecule has 3 aromatic heterocycles. The summed E-state index contributed by atoms with van der Waals surface area (Å²) in [5.41, 5.74) is 2.44. The average molecular weight is 437 g/mol. The molecule has 8 heteroatoms. The summed E-state index contributed by atoms with van der Waals surface area (Å²) in [5, 5.41) is 9.57. The summed E-state index contributed by atoms with van der Waals surface area (Å²) in [7, 11) is 0. The molecule has 0 spiro atoms. The van der Waals surface area contributed by atoms with E-state index in [1.54, 1.807) is 35.9 Å². The Labute approximate surface area is 183 Å². The highest BCUT2D eigenvalue weighted by molar-refractivity contribution is 6.30. The van der Waals surface area contributed by atoms with Gasteiger partial charge >= 0.3 is 5.97 Å². The Hall–Kier alpha value is -3.45. The SMILES string of the molecule is CCOC(=O)c1cc2c(=O)n3cccc(C)c3nc2n(CCc2ccc(Cl)cc2)c1=N. The molecule has 1 aromatic carbocycles. The van der Waals surface area contributed by atoms with E-state index >= 15 is 0 Å². The van der Waals surface area contributed by atoms with E-state index < -0.39 is 5.97 Å². The lowest BCUT2D eigenvalue weighted by atomic mass is 10.1. The zero-order valence-electron chi connectivity index (χ0n) is 17.2. The lowest BCUT2D eigenvalue weighted by Gasteiger charge is -2.15. The van der Waals surface area contributed by atoms with E-state index in [9.17, 15) is 9.59 Å². The van der Waals surface area contributed by atoms with Crippen molar-refractivity contribution in [2.75, 3.05) is 6.61 Å². The number of aryl methyl sites for hydroxylation is 3. The molecule has 4 aromatic rings. The Morgan fingerprint density at radius 1 is 1.19 bits per heavy atom. The van der Waals surface area contributed by atoms with Crippen LogP contribution in [0.25, 0.3) is 16.7 Å². The fraction of sp³-hybridized carbons (Fsp3) is 0.217.